The highest BCUT2D eigenvalue weighted by Gasteiger charge is 2.22. The van der Waals surface area contributed by atoms with Crippen molar-refractivity contribution in [3.8, 4) is 11.5 Å². The molecule has 158 valence electrons. The van der Waals surface area contributed by atoms with E-state index in [4.69, 9.17) is 21.1 Å². The Kier molecular flexibility index (Phi) is 7.36. The van der Waals surface area contributed by atoms with Crippen LogP contribution in [0.15, 0.2) is 54.9 Å². The summed E-state index contributed by atoms with van der Waals surface area (Å²) in [6.07, 6.45) is 5.52. The second-order valence-corrected chi connectivity index (χ2v) is 7.46. The summed E-state index contributed by atoms with van der Waals surface area (Å²) in [7, 11) is 5.10. The smallest absolute Gasteiger partial charge is 0.220 e. The first kappa shape index (κ1) is 21.7. The summed E-state index contributed by atoms with van der Waals surface area (Å²) in [5.74, 6) is 2.00. The monoisotopic (exact) mass is 427 g/mol. The Labute approximate surface area is 181 Å². The second-order valence-electron chi connectivity index (χ2n) is 7.02. The molecule has 3 aromatic rings. The molecular formula is C23H26ClN3O3. The average Bonchev–Trinajstić information content (AvgIpc) is 3.18. The number of methoxy groups -OCH3 is 2. The number of imidazole rings is 1. The minimum Gasteiger partial charge on any atom is -0.497 e. The van der Waals surface area contributed by atoms with Crippen molar-refractivity contribution in [2.75, 3.05) is 14.2 Å². The van der Waals surface area contributed by atoms with E-state index in [-0.39, 0.29) is 5.91 Å². The average molecular weight is 428 g/mol. The zero-order valence-electron chi connectivity index (χ0n) is 17.4. The van der Waals surface area contributed by atoms with E-state index >= 15 is 0 Å². The van der Waals surface area contributed by atoms with Crippen LogP contribution in [-0.2, 0) is 18.3 Å². The van der Waals surface area contributed by atoms with Crippen molar-refractivity contribution in [3.63, 3.8) is 0 Å². The van der Waals surface area contributed by atoms with Crippen LogP contribution in [0.5, 0.6) is 11.5 Å². The van der Waals surface area contributed by atoms with Crippen molar-refractivity contribution in [1.82, 2.24) is 14.9 Å². The van der Waals surface area contributed by atoms with E-state index in [0.717, 1.165) is 29.8 Å². The molecule has 3 rings (SSSR count). The fourth-order valence-corrected chi connectivity index (χ4v) is 3.41. The maximum absolute atomic E-state index is 12.8. The van der Waals surface area contributed by atoms with E-state index in [2.05, 4.69) is 10.3 Å². The number of rotatable bonds is 9. The maximum atomic E-state index is 12.8. The number of carbonyl (C=O) groups is 1. The van der Waals surface area contributed by atoms with Gasteiger partial charge in [-0.1, -0.05) is 23.7 Å². The van der Waals surface area contributed by atoms with Crippen LogP contribution >= 0.6 is 11.6 Å². The zero-order chi connectivity index (χ0) is 21.5. The third-order valence-electron chi connectivity index (χ3n) is 4.91. The summed E-state index contributed by atoms with van der Waals surface area (Å²) < 4.78 is 12.7. The minimum absolute atomic E-state index is 0.0428. The lowest BCUT2D eigenvalue weighted by Crippen LogP contribution is -2.31. The first-order valence-electron chi connectivity index (χ1n) is 9.74. The highest BCUT2D eigenvalue weighted by molar-refractivity contribution is 6.30. The Morgan fingerprint density at radius 2 is 1.80 bits per heavy atom. The molecule has 0 fully saturated rings. The van der Waals surface area contributed by atoms with E-state index < -0.39 is 6.04 Å². The lowest BCUT2D eigenvalue weighted by atomic mass is 10.0. The Hall–Kier alpha value is -2.99. The van der Waals surface area contributed by atoms with Gasteiger partial charge in [0.05, 0.1) is 14.2 Å². The van der Waals surface area contributed by atoms with Gasteiger partial charge in [-0.05, 0) is 48.2 Å². The fraction of sp³-hybridized carbons (Fsp3) is 0.304. The molecule has 0 bridgehead atoms. The van der Waals surface area contributed by atoms with Crippen LogP contribution in [0.4, 0.5) is 0 Å². The molecule has 6 nitrogen and oxygen atoms in total. The number of hydrogen-bond donors (Lipinski definition) is 1. The van der Waals surface area contributed by atoms with Crippen LogP contribution in [0.3, 0.4) is 0 Å². The highest BCUT2D eigenvalue weighted by atomic mass is 35.5. The fourth-order valence-electron chi connectivity index (χ4n) is 3.29. The number of hydrogen-bond acceptors (Lipinski definition) is 4. The van der Waals surface area contributed by atoms with E-state index in [9.17, 15) is 4.79 Å². The lowest BCUT2D eigenvalue weighted by molar-refractivity contribution is -0.121. The molecule has 2 aromatic carbocycles. The van der Waals surface area contributed by atoms with Crippen molar-refractivity contribution in [1.29, 1.82) is 0 Å². The van der Waals surface area contributed by atoms with Crippen molar-refractivity contribution in [2.45, 2.75) is 25.3 Å². The molecule has 0 spiro atoms. The van der Waals surface area contributed by atoms with Gasteiger partial charge >= 0.3 is 0 Å². The Morgan fingerprint density at radius 3 is 2.37 bits per heavy atom. The Balaban J connectivity index is 1.74. The van der Waals surface area contributed by atoms with Crippen LogP contribution in [0.2, 0.25) is 5.02 Å². The summed E-state index contributed by atoms with van der Waals surface area (Å²) in [6.45, 7) is 0. The predicted octanol–water partition coefficient (Wildman–Crippen LogP) is 4.32. The molecule has 0 aliphatic rings. The largest absolute Gasteiger partial charge is 0.497 e. The van der Waals surface area contributed by atoms with Gasteiger partial charge in [0.25, 0.3) is 0 Å². The number of amides is 1. The number of benzene rings is 2. The van der Waals surface area contributed by atoms with Gasteiger partial charge in [-0.25, -0.2) is 4.98 Å². The van der Waals surface area contributed by atoms with Gasteiger partial charge in [-0.3, -0.25) is 4.79 Å². The van der Waals surface area contributed by atoms with Gasteiger partial charge in [0.2, 0.25) is 5.91 Å². The van der Waals surface area contributed by atoms with Crippen molar-refractivity contribution >= 4 is 17.5 Å². The van der Waals surface area contributed by atoms with Crippen LogP contribution in [0.1, 0.15) is 35.8 Å². The van der Waals surface area contributed by atoms with E-state index in [1.54, 1.807) is 26.5 Å². The van der Waals surface area contributed by atoms with Gasteiger partial charge in [0.1, 0.15) is 23.4 Å². The van der Waals surface area contributed by atoms with Crippen LogP contribution < -0.4 is 14.8 Å². The van der Waals surface area contributed by atoms with E-state index in [1.807, 2.05) is 54.2 Å². The van der Waals surface area contributed by atoms with E-state index in [1.165, 1.54) is 0 Å². The van der Waals surface area contributed by atoms with Crippen molar-refractivity contribution < 1.29 is 14.3 Å². The maximum Gasteiger partial charge on any atom is 0.220 e. The number of nitrogens with one attached hydrogen (secondary N) is 1. The van der Waals surface area contributed by atoms with Gasteiger partial charge in [-0.2, -0.15) is 0 Å². The molecule has 0 saturated carbocycles. The lowest BCUT2D eigenvalue weighted by Gasteiger charge is -2.20. The summed E-state index contributed by atoms with van der Waals surface area (Å²) >= 11 is 5.93. The molecule has 0 aliphatic heterocycles. The Morgan fingerprint density at radius 1 is 1.13 bits per heavy atom. The number of ether oxygens (including phenoxy) is 2. The molecule has 1 amide bonds. The highest BCUT2D eigenvalue weighted by Crippen LogP contribution is 2.29. The van der Waals surface area contributed by atoms with Gasteiger partial charge in [-0.15, -0.1) is 0 Å². The molecule has 1 heterocycles. The van der Waals surface area contributed by atoms with Crippen LogP contribution in [-0.4, -0.2) is 29.7 Å². The molecule has 0 radical (unpaired) electrons. The predicted molar refractivity (Wildman–Crippen MR) is 117 cm³/mol. The third kappa shape index (κ3) is 5.54. The first-order chi connectivity index (χ1) is 14.5. The van der Waals surface area contributed by atoms with Crippen molar-refractivity contribution in [2.24, 2.45) is 7.05 Å². The molecule has 1 N–H and O–H groups in total. The third-order valence-corrected chi connectivity index (χ3v) is 5.16. The number of aryl methyl sites for hydroxylation is 2. The molecule has 0 saturated heterocycles. The molecule has 7 heteroatoms. The van der Waals surface area contributed by atoms with Gasteiger partial charge in [0, 0.05) is 37.0 Å². The first-order valence-corrected chi connectivity index (χ1v) is 10.1. The van der Waals surface area contributed by atoms with Crippen molar-refractivity contribution in [3.05, 3.63) is 76.8 Å². The topological polar surface area (TPSA) is 65.4 Å². The zero-order valence-corrected chi connectivity index (χ0v) is 18.1. The quantitative estimate of drug-likeness (QED) is 0.552. The van der Waals surface area contributed by atoms with Crippen LogP contribution in [0.25, 0.3) is 0 Å². The summed E-state index contributed by atoms with van der Waals surface area (Å²) in [4.78, 5) is 17.2. The summed E-state index contributed by atoms with van der Waals surface area (Å²) in [5, 5.41) is 3.83. The summed E-state index contributed by atoms with van der Waals surface area (Å²) in [5.41, 5.74) is 2.00. The molecule has 1 atom stereocenters. The van der Waals surface area contributed by atoms with E-state index in [0.29, 0.717) is 22.9 Å². The molecule has 1 unspecified atom stereocenters. The molecule has 1 aromatic heterocycles. The number of nitrogens with zero attached hydrogens (tertiary/aromatic N) is 2. The van der Waals surface area contributed by atoms with Gasteiger partial charge in [0.15, 0.2) is 0 Å². The molecule has 0 aliphatic carbocycles. The van der Waals surface area contributed by atoms with Gasteiger partial charge < -0.3 is 19.4 Å². The SMILES string of the molecule is COc1cc(OC)cc(C(NC(=O)CCCc2ccc(Cl)cc2)c2nccn2C)c1. The second kappa shape index (κ2) is 10.2. The van der Waals surface area contributed by atoms with Crippen LogP contribution in [0, 0.1) is 0 Å². The minimum atomic E-state index is -0.419. The molecule has 30 heavy (non-hydrogen) atoms. The summed E-state index contributed by atoms with van der Waals surface area (Å²) in [6, 6.07) is 12.9. The number of halogens is 1. The standard InChI is InChI=1S/C23H26ClN3O3/c1-27-12-11-25-23(27)22(17-13-19(29-2)15-20(14-17)30-3)26-21(28)6-4-5-16-7-9-18(24)10-8-16/h7-15,22H,4-6H2,1-3H3,(H,26,28). The number of aromatic nitrogens is 2. The molecular weight excluding hydrogens is 402 g/mol. The Bertz CT molecular complexity index is 963. The normalized spacial score (nSPS) is 11.7. The number of carbonyl (C=O) groups excluding carboxylic acids is 1.